The average Bonchev–Trinajstić information content (AvgIpc) is 1.73. The van der Waals surface area contributed by atoms with Crippen LogP contribution >= 0.6 is 15.6 Å². The lowest BCUT2D eigenvalue weighted by Crippen LogP contribution is -2.30. The second kappa shape index (κ2) is 71.1. The molecule has 0 aliphatic heterocycles. The summed E-state index contributed by atoms with van der Waals surface area (Å²) < 4.78 is 68.5. The van der Waals surface area contributed by atoms with Crippen LogP contribution in [0.3, 0.4) is 0 Å². The lowest BCUT2D eigenvalue weighted by atomic mass is 10.0. The smallest absolute Gasteiger partial charge is 0.462 e. The van der Waals surface area contributed by atoms with Gasteiger partial charge in [0.15, 0.2) is 12.2 Å². The third kappa shape index (κ3) is 72.2. The highest BCUT2D eigenvalue weighted by Gasteiger charge is 2.30. The van der Waals surface area contributed by atoms with E-state index >= 15 is 0 Å². The molecule has 2 unspecified atom stereocenters. The summed E-state index contributed by atoms with van der Waals surface area (Å²) in [4.78, 5) is 72.8. The van der Waals surface area contributed by atoms with Crippen LogP contribution in [0.2, 0.25) is 0 Å². The fraction of sp³-hybridized carbons (Fsp3) is 0.949. The minimum Gasteiger partial charge on any atom is -0.462 e. The molecule has 0 aliphatic rings. The third-order valence-corrected chi connectivity index (χ3v) is 20.2. The molecule has 0 radical (unpaired) electrons. The van der Waals surface area contributed by atoms with Crippen molar-refractivity contribution in [3.8, 4) is 0 Å². The molecule has 0 rings (SSSR count). The van der Waals surface area contributed by atoms with E-state index in [0.717, 1.165) is 95.8 Å². The molecule has 0 aromatic rings. The Morgan fingerprint density at radius 3 is 0.701 bits per heavy atom. The van der Waals surface area contributed by atoms with E-state index in [9.17, 15) is 43.2 Å². The van der Waals surface area contributed by atoms with Gasteiger partial charge < -0.3 is 33.8 Å². The molecule has 0 aliphatic carbocycles. The fourth-order valence-corrected chi connectivity index (χ4v) is 13.6. The van der Waals surface area contributed by atoms with Crippen LogP contribution in [0.4, 0.5) is 0 Å². The second-order valence-corrected chi connectivity index (χ2v) is 31.5. The van der Waals surface area contributed by atoms with Gasteiger partial charge in [0.2, 0.25) is 0 Å². The first-order chi connectivity index (χ1) is 47.0. The Morgan fingerprint density at radius 2 is 0.474 bits per heavy atom. The number of ether oxygens (including phenoxy) is 4. The molecular formula is C78H152O17P2. The maximum absolute atomic E-state index is 13.1. The van der Waals surface area contributed by atoms with Gasteiger partial charge in [-0.2, -0.15) is 0 Å². The van der Waals surface area contributed by atoms with E-state index in [1.54, 1.807) is 0 Å². The predicted molar refractivity (Wildman–Crippen MR) is 395 cm³/mol. The standard InChI is InChI=1S/C78H152O17P2/c1-6-9-12-15-18-21-23-24-25-26-27-31-34-38-42-47-52-57-62-76(81)89-68-74(95-78(83)64-59-54-49-44-39-35-32-29-28-30-33-37-41-45-50-55-60-71(4)5)70-93-97(86,87)91-66-72(79)65-90-96(84,85)92-69-73(67-88-75(80)61-56-51-46-40-20-17-14-11-8-3)94-77(82)63-58-53-48-43-36-22-19-16-13-10-7-2/h71-74,79H,6-70H2,1-5H3,(H,84,85)(H,86,87)/t72-,73+,74+/m0/s1. The van der Waals surface area contributed by atoms with Crippen molar-refractivity contribution in [1.29, 1.82) is 0 Å². The summed E-state index contributed by atoms with van der Waals surface area (Å²) in [6.07, 6.45) is 61.0. The van der Waals surface area contributed by atoms with Crippen LogP contribution in [-0.4, -0.2) is 96.7 Å². The van der Waals surface area contributed by atoms with Crippen molar-refractivity contribution in [1.82, 2.24) is 0 Å². The number of hydrogen-bond donors (Lipinski definition) is 3. The normalized spacial score (nSPS) is 13.9. The van der Waals surface area contributed by atoms with Crippen molar-refractivity contribution < 1.29 is 80.2 Å². The van der Waals surface area contributed by atoms with Crippen molar-refractivity contribution in [3.63, 3.8) is 0 Å². The SMILES string of the molecule is CCCCCCCCCCCCCCCCCCCCC(=O)OC[C@H](COP(=O)(O)OC[C@@H](O)COP(=O)(O)OC[C@@H](COC(=O)CCCCCCCCCCC)OC(=O)CCCCCCCCCCCCC)OC(=O)CCCCCCCCCCCCCCCCCCC(C)C. The minimum atomic E-state index is -4.96. The molecule has 0 saturated carbocycles. The first kappa shape index (κ1) is 95.1. The van der Waals surface area contributed by atoms with E-state index in [-0.39, 0.29) is 25.7 Å². The molecule has 0 saturated heterocycles. The summed E-state index contributed by atoms with van der Waals surface area (Å²) in [5.41, 5.74) is 0. The molecule has 576 valence electrons. The van der Waals surface area contributed by atoms with Gasteiger partial charge in [0.1, 0.15) is 19.3 Å². The fourth-order valence-electron chi connectivity index (χ4n) is 12.1. The molecule has 97 heavy (non-hydrogen) atoms. The molecule has 5 atom stereocenters. The number of unbranched alkanes of at least 4 members (excludes halogenated alkanes) is 50. The topological polar surface area (TPSA) is 237 Å². The van der Waals surface area contributed by atoms with E-state index in [2.05, 4.69) is 34.6 Å². The van der Waals surface area contributed by atoms with Crippen LogP contribution in [0.5, 0.6) is 0 Å². The highest BCUT2D eigenvalue weighted by Crippen LogP contribution is 2.45. The van der Waals surface area contributed by atoms with Crippen LogP contribution in [0.25, 0.3) is 0 Å². The van der Waals surface area contributed by atoms with Gasteiger partial charge in [-0.05, 0) is 31.6 Å². The number of phosphoric ester groups is 2. The Kier molecular flexibility index (Phi) is 69.6. The number of rotatable bonds is 78. The molecular weight excluding hydrogens is 1270 g/mol. The molecule has 3 N–H and O–H groups in total. The minimum absolute atomic E-state index is 0.107. The average molecular weight is 1420 g/mol. The number of aliphatic hydroxyl groups is 1. The summed E-state index contributed by atoms with van der Waals surface area (Å²) in [5.74, 6) is -1.30. The summed E-state index contributed by atoms with van der Waals surface area (Å²) in [6, 6.07) is 0. The van der Waals surface area contributed by atoms with Crippen molar-refractivity contribution >= 4 is 39.5 Å². The molecule has 0 aromatic carbocycles. The highest BCUT2D eigenvalue weighted by atomic mass is 31.2. The maximum Gasteiger partial charge on any atom is 0.472 e. The summed E-state index contributed by atoms with van der Waals surface area (Å²) in [7, 11) is -9.91. The monoisotopic (exact) mass is 1420 g/mol. The van der Waals surface area contributed by atoms with Gasteiger partial charge in [-0.1, -0.05) is 362 Å². The number of carbonyl (C=O) groups excluding carboxylic acids is 4. The van der Waals surface area contributed by atoms with Crippen molar-refractivity contribution in [2.45, 2.75) is 432 Å². The van der Waals surface area contributed by atoms with E-state index in [0.29, 0.717) is 25.7 Å². The molecule has 0 amide bonds. The Bertz CT molecular complexity index is 1860. The van der Waals surface area contributed by atoms with E-state index in [1.807, 2.05) is 0 Å². The van der Waals surface area contributed by atoms with Gasteiger partial charge in [0, 0.05) is 25.7 Å². The second-order valence-electron chi connectivity index (χ2n) is 28.6. The zero-order valence-corrected chi connectivity index (χ0v) is 65.0. The number of esters is 4. The lowest BCUT2D eigenvalue weighted by molar-refractivity contribution is -0.161. The van der Waals surface area contributed by atoms with Crippen molar-refractivity contribution in [2.24, 2.45) is 5.92 Å². The Morgan fingerprint density at radius 1 is 0.278 bits per heavy atom. The first-order valence-electron chi connectivity index (χ1n) is 40.6. The molecule has 0 heterocycles. The van der Waals surface area contributed by atoms with Gasteiger partial charge in [0.25, 0.3) is 0 Å². The Hall–Kier alpha value is -1.94. The number of aliphatic hydroxyl groups excluding tert-OH is 1. The molecule has 19 heteroatoms. The van der Waals surface area contributed by atoms with Crippen LogP contribution in [0.1, 0.15) is 413 Å². The molecule has 0 aromatic heterocycles. The number of phosphoric acid groups is 2. The van der Waals surface area contributed by atoms with Crippen molar-refractivity contribution in [2.75, 3.05) is 39.6 Å². The number of hydrogen-bond acceptors (Lipinski definition) is 15. The van der Waals surface area contributed by atoms with Gasteiger partial charge >= 0.3 is 39.5 Å². The highest BCUT2D eigenvalue weighted by molar-refractivity contribution is 7.47. The number of carbonyl (C=O) groups is 4. The molecule has 17 nitrogen and oxygen atoms in total. The van der Waals surface area contributed by atoms with Crippen LogP contribution in [0, 0.1) is 5.92 Å². The van der Waals surface area contributed by atoms with Crippen LogP contribution < -0.4 is 0 Å². The summed E-state index contributed by atoms with van der Waals surface area (Å²) >= 11 is 0. The van der Waals surface area contributed by atoms with Crippen LogP contribution in [-0.2, 0) is 65.4 Å². The third-order valence-electron chi connectivity index (χ3n) is 18.3. The van der Waals surface area contributed by atoms with E-state index in [1.165, 1.54) is 238 Å². The first-order valence-corrected chi connectivity index (χ1v) is 43.6. The van der Waals surface area contributed by atoms with Crippen LogP contribution in [0.15, 0.2) is 0 Å². The molecule has 0 spiro atoms. The van der Waals surface area contributed by atoms with E-state index in [4.69, 9.17) is 37.0 Å². The lowest BCUT2D eigenvalue weighted by Gasteiger charge is -2.21. The zero-order valence-electron chi connectivity index (χ0n) is 63.2. The Balaban J connectivity index is 5.20. The summed E-state index contributed by atoms with van der Waals surface area (Å²) in [6.45, 7) is 7.32. The predicted octanol–water partition coefficient (Wildman–Crippen LogP) is 23.3. The van der Waals surface area contributed by atoms with Gasteiger partial charge in [-0.3, -0.25) is 37.3 Å². The largest absolute Gasteiger partial charge is 0.472 e. The van der Waals surface area contributed by atoms with E-state index < -0.39 is 97.5 Å². The maximum atomic E-state index is 13.1. The van der Waals surface area contributed by atoms with Gasteiger partial charge in [-0.25, -0.2) is 9.13 Å². The van der Waals surface area contributed by atoms with Gasteiger partial charge in [-0.15, -0.1) is 0 Å². The summed E-state index contributed by atoms with van der Waals surface area (Å²) in [5, 5.41) is 10.6. The zero-order chi connectivity index (χ0) is 71.2. The Labute approximate surface area is 594 Å². The molecule has 0 fully saturated rings. The van der Waals surface area contributed by atoms with Gasteiger partial charge in [0.05, 0.1) is 26.4 Å². The quantitative estimate of drug-likeness (QED) is 0.0222. The van der Waals surface area contributed by atoms with Crippen molar-refractivity contribution in [3.05, 3.63) is 0 Å². The molecule has 0 bridgehead atoms.